The molecular weight excluding hydrogens is 286 g/mol. The maximum Gasteiger partial charge on any atom is 0.214 e. The largest absolute Gasteiger partial charge is 0.391 e. The molecule has 1 aliphatic carbocycles. The lowest BCUT2D eigenvalue weighted by Gasteiger charge is -2.27. The van der Waals surface area contributed by atoms with Gasteiger partial charge in [-0.1, -0.05) is 30.3 Å². The summed E-state index contributed by atoms with van der Waals surface area (Å²) in [7, 11) is 0. The van der Waals surface area contributed by atoms with Crippen LogP contribution in [0, 0.1) is 5.92 Å². The van der Waals surface area contributed by atoms with Crippen molar-refractivity contribution in [1.29, 1.82) is 0 Å². The molecule has 118 valence electrons. The molecule has 1 aromatic carbocycles. The normalized spacial score (nSPS) is 27.3. The van der Waals surface area contributed by atoms with Crippen LogP contribution in [0.3, 0.4) is 0 Å². The molecule has 1 aliphatic heterocycles. The molecule has 0 saturated heterocycles. The predicted octanol–water partition coefficient (Wildman–Crippen LogP) is 3.99. The fraction of sp³-hybridized carbons (Fsp3) is 0.368. The molecule has 1 fully saturated rings. The Morgan fingerprint density at radius 2 is 1.52 bits per heavy atom. The Bertz CT molecular complexity index is 664. The fourth-order valence-electron chi connectivity index (χ4n) is 3.57. The summed E-state index contributed by atoms with van der Waals surface area (Å²) in [4.78, 5) is 14.5. The summed E-state index contributed by atoms with van der Waals surface area (Å²) in [5.74, 6) is 1.99. The Morgan fingerprint density at radius 1 is 0.826 bits per heavy atom. The molecule has 1 N–H and O–H groups in total. The number of pyridine rings is 1. The Hall–Kier alpha value is -2.20. The molecule has 0 radical (unpaired) electrons. The molecule has 4 heteroatoms. The SMILES string of the molecule is c1ccc(C2CCC(C3=NC(c4ccncc4)NO3)CC2)cc1. The third-order valence-electron chi connectivity index (χ3n) is 4.90. The van der Waals surface area contributed by atoms with E-state index in [1.54, 1.807) is 12.4 Å². The van der Waals surface area contributed by atoms with Crippen LogP contribution in [0.2, 0.25) is 0 Å². The Labute approximate surface area is 136 Å². The van der Waals surface area contributed by atoms with Gasteiger partial charge in [0.05, 0.1) is 0 Å². The van der Waals surface area contributed by atoms with Crippen LogP contribution in [0.1, 0.15) is 48.9 Å². The van der Waals surface area contributed by atoms with E-state index < -0.39 is 0 Å². The Morgan fingerprint density at radius 3 is 2.26 bits per heavy atom. The van der Waals surface area contributed by atoms with Crippen molar-refractivity contribution in [1.82, 2.24) is 10.5 Å². The summed E-state index contributed by atoms with van der Waals surface area (Å²) in [6, 6.07) is 14.8. The number of benzene rings is 1. The molecule has 4 nitrogen and oxygen atoms in total. The van der Waals surface area contributed by atoms with Crippen molar-refractivity contribution in [2.24, 2.45) is 10.9 Å². The first-order valence-electron chi connectivity index (χ1n) is 8.35. The molecule has 0 bridgehead atoms. The summed E-state index contributed by atoms with van der Waals surface area (Å²) in [5.41, 5.74) is 5.59. The van der Waals surface area contributed by atoms with Gasteiger partial charge in [-0.15, -0.1) is 5.48 Å². The summed E-state index contributed by atoms with van der Waals surface area (Å²) in [6.45, 7) is 0. The maximum absolute atomic E-state index is 5.68. The minimum Gasteiger partial charge on any atom is -0.391 e. The molecule has 1 aromatic heterocycles. The van der Waals surface area contributed by atoms with Gasteiger partial charge in [0.1, 0.15) is 0 Å². The second-order valence-corrected chi connectivity index (χ2v) is 6.33. The maximum atomic E-state index is 5.68. The van der Waals surface area contributed by atoms with Gasteiger partial charge in [0.2, 0.25) is 5.90 Å². The van der Waals surface area contributed by atoms with Crippen molar-refractivity contribution in [2.45, 2.75) is 37.8 Å². The van der Waals surface area contributed by atoms with E-state index in [2.05, 4.69) is 40.8 Å². The van der Waals surface area contributed by atoms with E-state index in [-0.39, 0.29) is 6.17 Å². The van der Waals surface area contributed by atoms with E-state index in [4.69, 9.17) is 9.83 Å². The number of nitrogens with one attached hydrogen (secondary N) is 1. The van der Waals surface area contributed by atoms with Gasteiger partial charge in [0, 0.05) is 18.3 Å². The number of hydrogen-bond donors (Lipinski definition) is 1. The molecular formula is C19H21N3O. The third kappa shape index (κ3) is 3.13. The lowest BCUT2D eigenvalue weighted by Crippen LogP contribution is -2.23. The quantitative estimate of drug-likeness (QED) is 0.932. The lowest BCUT2D eigenvalue weighted by atomic mass is 9.78. The van der Waals surface area contributed by atoms with Gasteiger partial charge >= 0.3 is 0 Å². The van der Waals surface area contributed by atoms with Crippen molar-refractivity contribution < 1.29 is 4.84 Å². The number of aliphatic imine (C=N–C) groups is 1. The van der Waals surface area contributed by atoms with E-state index >= 15 is 0 Å². The van der Waals surface area contributed by atoms with Gasteiger partial charge in [-0.3, -0.25) is 4.98 Å². The number of nitrogens with zero attached hydrogens (tertiary/aromatic N) is 2. The Balaban J connectivity index is 1.39. The van der Waals surface area contributed by atoms with E-state index in [0.717, 1.165) is 24.3 Å². The highest BCUT2D eigenvalue weighted by Crippen LogP contribution is 2.37. The first-order chi connectivity index (χ1) is 11.4. The number of aromatic nitrogens is 1. The van der Waals surface area contributed by atoms with Crippen LogP contribution in [-0.4, -0.2) is 10.9 Å². The molecule has 2 aliphatic rings. The van der Waals surface area contributed by atoms with E-state index in [1.807, 2.05) is 12.1 Å². The van der Waals surface area contributed by atoms with Gasteiger partial charge in [0.25, 0.3) is 0 Å². The van der Waals surface area contributed by atoms with Crippen LogP contribution >= 0.6 is 0 Å². The lowest BCUT2D eigenvalue weighted by molar-refractivity contribution is 0.162. The Kier molecular flexibility index (Phi) is 4.07. The van der Waals surface area contributed by atoms with Gasteiger partial charge in [0.15, 0.2) is 6.17 Å². The molecule has 4 rings (SSSR count). The number of hydroxylamine groups is 1. The molecule has 2 heterocycles. The van der Waals surface area contributed by atoms with Crippen molar-refractivity contribution >= 4 is 5.90 Å². The van der Waals surface area contributed by atoms with Crippen LogP contribution < -0.4 is 5.48 Å². The molecule has 0 amide bonds. The fourth-order valence-corrected chi connectivity index (χ4v) is 3.57. The summed E-state index contributed by atoms with van der Waals surface area (Å²) in [6.07, 6.45) is 8.17. The van der Waals surface area contributed by atoms with Crippen molar-refractivity contribution in [3.63, 3.8) is 0 Å². The standard InChI is InChI=1S/C19H21N3O/c1-2-4-14(5-3-1)15-6-8-17(9-7-15)19-21-18(22-23-19)16-10-12-20-13-11-16/h1-5,10-13,15,17-18,22H,6-9H2. The molecule has 1 atom stereocenters. The monoisotopic (exact) mass is 307 g/mol. The highest BCUT2D eigenvalue weighted by molar-refractivity contribution is 5.80. The van der Waals surface area contributed by atoms with Gasteiger partial charge in [-0.25, -0.2) is 4.99 Å². The topological polar surface area (TPSA) is 46.5 Å². The first-order valence-corrected chi connectivity index (χ1v) is 8.35. The minimum absolute atomic E-state index is 0.0974. The van der Waals surface area contributed by atoms with Crippen LogP contribution in [0.4, 0.5) is 0 Å². The summed E-state index contributed by atoms with van der Waals surface area (Å²) < 4.78 is 0. The summed E-state index contributed by atoms with van der Waals surface area (Å²) >= 11 is 0. The zero-order valence-electron chi connectivity index (χ0n) is 13.1. The highest BCUT2D eigenvalue weighted by Gasteiger charge is 2.31. The number of hydrogen-bond acceptors (Lipinski definition) is 4. The van der Waals surface area contributed by atoms with Crippen molar-refractivity contribution in [2.75, 3.05) is 0 Å². The van der Waals surface area contributed by atoms with E-state index in [9.17, 15) is 0 Å². The van der Waals surface area contributed by atoms with Gasteiger partial charge < -0.3 is 4.84 Å². The van der Waals surface area contributed by atoms with Crippen LogP contribution in [0.15, 0.2) is 59.9 Å². The van der Waals surface area contributed by atoms with Crippen molar-refractivity contribution in [3.8, 4) is 0 Å². The van der Waals surface area contributed by atoms with Gasteiger partial charge in [-0.05, 0) is 54.9 Å². The second-order valence-electron chi connectivity index (χ2n) is 6.33. The zero-order valence-corrected chi connectivity index (χ0v) is 13.1. The van der Waals surface area contributed by atoms with E-state index in [1.165, 1.54) is 18.4 Å². The predicted molar refractivity (Wildman–Crippen MR) is 89.8 cm³/mol. The molecule has 23 heavy (non-hydrogen) atoms. The zero-order chi connectivity index (χ0) is 15.5. The van der Waals surface area contributed by atoms with Crippen LogP contribution in [0.25, 0.3) is 0 Å². The molecule has 1 unspecified atom stereocenters. The minimum atomic E-state index is -0.0974. The van der Waals surface area contributed by atoms with E-state index in [0.29, 0.717) is 11.8 Å². The first kappa shape index (κ1) is 14.4. The number of rotatable bonds is 3. The molecule has 2 aromatic rings. The third-order valence-corrected chi connectivity index (χ3v) is 4.90. The van der Waals surface area contributed by atoms with Gasteiger partial charge in [-0.2, -0.15) is 0 Å². The second kappa shape index (κ2) is 6.50. The van der Waals surface area contributed by atoms with Crippen LogP contribution in [0.5, 0.6) is 0 Å². The average molecular weight is 307 g/mol. The van der Waals surface area contributed by atoms with Crippen LogP contribution in [-0.2, 0) is 4.84 Å². The summed E-state index contributed by atoms with van der Waals surface area (Å²) in [5, 5.41) is 0. The molecule has 0 spiro atoms. The average Bonchev–Trinajstić information content (AvgIpc) is 3.14. The molecule has 1 saturated carbocycles. The van der Waals surface area contributed by atoms with Crippen molar-refractivity contribution in [3.05, 3.63) is 66.0 Å². The smallest absolute Gasteiger partial charge is 0.214 e. The highest BCUT2D eigenvalue weighted by atomic mass is 16.7.